The molecule has 0 aromatic heterocycles. The zero-order valence-corrected chi connectivity index (χ0v) is 19.0. The molecule has 2 aromatic carbocycles. The molecule has 0 bridgehead atoms. The van der Waals surface area contributed by atoms with Gasteiger partial charge < -0.3 is 14.2 Å². The Balaban J connectivity index is 1.39. The number of ether oxygens (including phenoxy) is 3. The van der Waals surface area contributed by atoms with Gasteiger partial charge in [0.2, 0.25) is 0 Å². The minimum Gasteiger partial charge on any atom is -0.466 e. The van der Waals surface area contributed by atoms with Gasteiger partial charge in [0.05, 0.1) is 32.5 Å². The van der Waals surface area contributed by atoms with Gasteiger partial charge in [-0.05, 0) is 36.8 Å². The van der Waals surface area contributed by atoms with E-state index in [4.69, 9.17) is 9.47 Å². The highest BCUT2D eigenvalue weighted by Gasteiger charge is 2.22. The Hall–Kier alpha value is -2.47. The van der Waals surface area contributed by atoms with Crippen LogP contribution in [0.2, 0.25) is 0 Å². The van der Waals surface area contributed by atoms with Gasteiger partial charge >= 0.3 is 5.97 Å². The third-order valence-corrected chi connectivity index (χ3v) is 5.76. The van der Waals surface area contributed by atoms with Crippen LogP contribution >= 0.6 is 0 Å². The Morgan fingerprint density at radius 1 is 0.875 bits per heavy atom. The molecule has 0 spiro atoms. The molecule has 0 heterocycles. The highest BCUT2D eigenvalue weighted by atomic mass is 16.5. The molecule has 0 amide bonds. The van der Waals surface area contributed by atoms with Crippen molar-refractivity contribution in [3.63, 3.8) is 0 Å². The fourth-order valence-electron chi connectivity index (χ4n) is 4.02. The molecule has 0 atom stereocenters. The van der Waals surface area contributed by atoms with E-state index in [0.29, 0.717) is 12.7 Å². The van der Waals surface area contributed by atoms with E-state index in [1.54, 1.807) is 6.08 Å². The summed E-state index contributed by atoms with van der Waals surface area (Å²) in [5.74, 6) is -0.348. The van der Waals surface area contributed by atoms with Gasteiger partial charge in [-0.15, -0.1) is 0 Å². The highest BCUT2D eigenvalue weighted by molar-refractivity contribution is 5.81. The molecule has 172 valence electrons. The second-order valence-corrected chi connectivity index (χ2v) is 8.21. The van der Waals surface area contributed by atoms with Gasteiger partial charge in [0.15, 0.2) is 0 Å². The number of methoxy groups -OCH3 is 1. The summed E-state index contributed by atoms with van der Waals surface area (Å²) in [7, 11) is 1.37. The molecule has 0 saturated heterocycles. The second kappa shape index (κ2) is 13.8. The third kappa shape index (κ3) is 8.95. The monoisotopic (exact) mass is 437 g/mol. The Bertz CT molecular complexity index is 759. The van der Waals surface area contributed by atoms with Gasteiger partial charge in [-0.25, -0.2) is 4.79 Å². The molecule has 32 heavy (non-hydrogen) atoms. The Kier molecular flexibility index (Phi) is 10.5. The van der Waals surface area contributed by atoms with Gasteiger partial charge in [0.25, 0.3) is 0 Å². The zero-order chi connectivity index (χ0) is 22.4. The quantitative estimate of drug-likeness (QED) is 0.354. The molecule has 0 radical (unpaired) electrons. The van der Waals surface area contributed by atoms with Crippen molar-refractivity contribution in [3.8, 4) is 0 Å². The predicted octanol–water partition coefficient (Wildman–Crippen LogP) is 4.76. The van der Waals surface area contributed by atoms with Crippen LogP contribution in [0.25, 0.3) is 0 Å². The first-order valence-corrected chi connectivity index (χ1v) is 11.5. The second-order valence-electron chi connectivity index (χ2n) is 8.21. The molecular formula is C27H35NO4. The van der Waals surface area contributed by atoms with Crippen molar-refractivity contribution in [3.05, 3.63) is 83.9 Å². The van der Waals surface area contributed by atoms with Crippen molar-refractivity contribution in [2.45, 2.75) is 51.0 Å². The van der Waals surface area contributed by atoms with Crippen molar-refractivity contribution < 1.29 is 19.0 Å². The summed E-state index contributed by atoms with van der Waals surface area (Å²) >= 11 is 0. The van der Waals surface area contributed by atoms with Crippen LogP contribution in [0.5, 0.6) is 0 Å². The number of carbonyl (C=O) groups excluding carboxylic acids is 1. The number of hydrogen-bond acceptors (Lipinski definition) is 5. The molecule has 3 rings (SSSR count). The number of hydrogen-bond donors (Lipinski definition) is 0. The normalized spacial score (nSPS) is 18.8. The lowest BCUT2D eigenvalue weighted by Gasteiger charge is -2.29. The average Bonchev–Trinajstić information content (AvgIpc) is 2.84. The van der Waals surface area contributed by atoms with Crippen molar-refractivity contribution >= 4 is 5.97 Å². The summed E-state index contributed by atoms with van der Waals surface area (Å²) in [6.07, 6.45) is 7.68. The molecule has 0 N–H and O–H groups in total. The molecule has 5 nitrogen and oxygen atoms in total. The van der Waals surface area contributed by atoms with Crippen LogP contribution in [0, 0.1) is 0 Å². The molecule has 1 fully saturated rings. The number of rotatable bonds is 12. The summed E-state index contributed by atoms with van der Waals surface area (Å²) in [5.41, 5.74) is 2.64. The summed E-state index contributed by atoms with van der Waals surface area (Å²) in [4.78, 5) is 13.5. The summed E-state index contributed by atoms with van der Waals surface area (Å²) in [5, 5.41) is 0. The van der Waals surface area contributed by atoms with E-state index in [1.807, 2.05) is 0 Å². The topological polar surface area (TPSA) is 48.0 Å². The minimum absolute atomic E-state index is 0.241. The molecular weight excluding hydrogens is 402 g/mol. The van der Waals surface area contributed by atoms with Gasteiger partial charge in [-0.1, -0.05) is 66.7 Å². The van der Waals surface area contributed by atoms with Crippen molar-refractivity contribution in [2.75, 3.05) is 26.9 Å². The van der Waals surface area contributed by atoms with E-state index < -0.39 is 0 Å². The Labute approximate surface area is 192 Å². The van der Waals surface area contributed by atoms with Gasteiger partial charge in [0, 0.05) is 25.7 Å². The first-order valence-electron chi connectivity index (χ1n) is 11.5. The Morgan fingerprint density at radius 2 is 1.41 bits per heavy atom. The number of nitrogens with zero attached hydrogens (tertiary/aromatic N) is 1. The lowest BCUT2D eigenvalue weighted by Crippen LogP contribution is -2.31. The van der Waals surface area contributed by atoms with Crippen molar-refractivity contribution in [1.29, 1.82) is 0 Å². The van der Waals surface area contributed by atoms with Gasteiger partial charge in [0.1, 0.15) is 0 Å². The number of esters is 1. The van der Waals surface area contributed by atoms with Crippen LogP contribution in [-0.4, -0.2) is 49.9 Å². The summed E-state index contributed by atoms with van der Waals surface area (Å²) in [6, 6.07) is 21.2. The summed E-state index contributed by atoms with van der Waals surface area (Å²) in [6.45, 7) is 3.91. The average molecular weight is 438 g/mol. The molecule has 2 aromatic rings. The lowest BCUT2D eigenvalue weighted by molar-refractivity contribution is -0.134. The molecule has 1 aliphatic carbocycles. The molecule has 0 aliphatic heterocycles. The van der Waals surface area contributed by atoms with Crippen LogP contribution in [0.1, 0.15) is 36.8 Å². The molecule has 1 aliphatic rings. The fraction of sp³-hybridized carbons (Fsp3) is 0.444. The Morgan fingerprint density at radius 3 is 1.94 bits per heavy atom. The number of benzene rings is 2. The van der Waals surface area contributed by atoms with E-state index >= 15 is 0 Å². The summed E-state index contributed by atoms with van der Waals surface area (Å²) < 4.78 is 16.7. The van der Waals surface area contributed by atoms with E-state index in [9.17, 15) is 4.79 Å². The predicted molar refractivity (Wildman–Crippen MR) is 126 cm³/mol. The number of carbonyl (C=O) groups is 1. The van der Waals surface area contributed by atoms with Crippen LogP contribution in [0.15, 0.2) is 72.8 Å². The van der Waals surface area contributed by atoms with E-state index in [1.165, 1.54) is 24.3 Å². The maximum Gasteiger partial charge on any atom is 0.330 e. The van der Waals surface area contributed by atoms with Crippen LogP contribution in [0.3, 0.4) is 0 Å². The van der Waals surface area contributed by atoms with Crippen molar-refractivity contribution in [2.24, 2.45) is 0 Å². The van der Waals surface area contributed by atoms with E-state index in [2.05, 4.69) is 70.3 Å². The maximum atomic E-state index is 11.1. The highest BCUT2D eigenvalue weighted by Crippen LogP contribution is 2.23. The van der Waals surface area contributed by atoms with Crippen molar-refractivity contribution in [1.82, 2.24) is 4.90 Å². The molecule has 5 heteroatoms. The minimum atomic E-state index is -0.348. The van der Waals surface area contributed by atoms with Gasteiger partial charge in [-0.2, -0.15) is 0 Å². The fourth-order valence-corrected chi connectivity index (χ4v) is 4.02. The first kappa shape index (κ1) is 24.2. The molecule has 1 saturated carbocycles. The third-order valence-electron chi connectivity index (χ3n) is 5.76. The standard InChI is InChI=1S/C27H35NO4/c1-30-27(29)13-8-19-31-25-14-16-26(17-15-25)32-20-18-28(21-23-9-4-2-5-10-23)22-24-11-6-3-7-12-24/h2-13,25-26H,14-22H2,1H3/b13-8+/t25-,26-. The van der Waals surface area contributed by atoms with Crippen LogP contribution in [-0.2, 0) is 32.1 Å². The van der Waals surface area contributed by atoms with E-state index in [-0.39, 0.29) is 12.1 Å². The van der Waals surface area contributed by atoms with Gasteiger partial charge in [-0.3, -0.25) is 4.90 Å². The van der Waals surface area contributed by atoms with Crippen LogP contribution < -0.4 is 0 Å². The maximum absolute atomic E-state index is 11.1. The SMILES string of the molecule is COC(=O)/C=C/CO[C@H]1CC[C@H](OCCN(Cc2ccccc2)Cc2ccccc2)CC1. The van der Waals surface area contributed by atoms with E-state index in [0.717, 1.165) is 51.9 Å². The molecule has 0 unspecified atom stereocenters. The smallest absolute Gasteiger partial charge is 0.330 e. The zero-order valence-electron chi connectivity index (χ0n) is 19.0. The first-order chi connectivity index (χ1) is 15.7. The van der Waals surface area contributed by atoms with Crippen LogP contribution in [0.4, 0.5) is 0 Å². The lowest BCUT2D eigenvalue weighted by atomic mass is 9.95. The largest absolute Gasteiger partial charge is 0.466 e.